The van der Waals surface area contributed by atoms with E-state index < -0.39 is 0 Å². The van der Waals surface area contributed by atoms with Crippen LogP contribution in [-0.2, 0) is 9.47 Å². The number of guanidine groups is 1. The summed E-state index contributed by atoms with van der Waals surface area (Å²) in [7, 11) is 1.81. The predicted molar refractivity (Wildman–Crippen MR) is 125 cm³/mol. The number of fused-ring (bicyclic) bond motifs is 1. The number of hydrogen-bond donors (Lipinski definition) is 2. The Balaban J connectivity index is 0.00000280. The van der Waals surface area contributed by atoms with E-state index in [-0.39, 0.29) is 36.2 Å². The molecule has 28 heavy (non-hydrogen) atoms. The fourth-order valence-electron chi connectivity index (χ4n) is 3.80. The quantitative estimate of drug-likeness (QED) is 0.248. The average molecular weight is 502 g/mol. The lowest BCUT2D eigenvalue weighted by molar-refractivity contribution is -0.0453. The summed E-state index contributed by atoms with van der Waals surface area (Å²) < 4.78 is 11.9. The third kappa shape index (κ3) is 7.17. The second kappa shape index (κ2) is 12.6. The van der Waals surface area contributed by atoms with Gasteiger partial charge in [0.05, 0.1) is 18.8 Å². The number of benzene rings is 1. The Kier molecular flexibility index (Phi) is 10.5. The molecule has 158 valence electrons. The zero-order valence-electron chi connectivity index (χ0n) is 17.1. The second-order valence-electron chi connectivity index (χ2n) is 7.40. The molecule has 2 N–H and O–H groups in total. The maximum Gasteiger partial charge on any atom is 0.191 e. The van der Waals surface area contributed by atoms with Gasteiger partial charge in [0.1, 0.15) is 0 Å². The van der Waals surface area contributed by atoms with Gasteiger partial charge in [0.15, 0.2) is 5.96 Å². The molecular weight excluding hydrogens is 467 g/mol. The third-order valence-corrected chi connectivity index (χ3v) is 5.43. The Bertz CT molecular complexity index is 587. The van der Waals surface area contributed by atoms with Gasteiger partial charge in [0.2, 0.25) is 0 Å². The highest BCUT2D eigenvalue weighted by molar-refractivity contribution is 14.0. The third-order valence-electron chi connectivity index (χ3n) is 5.43. The highest BCUT2D eigenvalue weighted by Crippen LogP contribution is 2.22. The molecule has 7 heteroatoms. The Morgan fingerprint density at radius 1 is 1.32 bits per heavy atom. The molecule has 2 fully saturated rings. The van der Waals surface area contributed by atoms with E-state index in [0.717, 1.165) is 45.2 Å². The van der Waals surface area contributed by atoms with Crippen LogP contribution < -0.4 is 10.6 Å². The van der Waals surface area contributed by atoms with Crippen molar-refractivity contribution in [1.29, 1.82) is 0 Å². The van der Waals surface area contributed by atoms with Gasteiger partial charge < -0.3 is 20.1 Å². The first-order valence-corrected chi connectivity index (χ1v) is 10.2. The van der Waals surface area contributed by atoms with Crippen molar-refractivity contribution in [3.05, 3.63) is 35.9 Å². The summed E-state index contributed by atoms with van der Waals surface area (Å²) in [6.07, 6.45) is 3.90. The Morgan fingerprint density at radius 2 is 2.14 bits per heavy atom. The molecule has 3 atom stereocenters. The normalized spacial score (nSPS) is 23.6. The van der Waals surface area contributed by atoms with Crippen molar-refractivity contribution in [1.82, 2.24) is 15.5 Å². The highest BCUT2D eigenvalue weighted by atomic mass is 127. The van der Waals surface area contributed by atoms with Gasteiger partial charge in [-0.05, 0) is 38.3 Å². The number of rotatable bonds is 8. The summed E-state index contributed by atoms with van der Waals surface area (Å²) in [6, 6.07) is 11.0. The maximum atomic E-state index is 5.99. The fourth-order valence-corrected chi connectivity index (χ4v) is 3.80. The topological polar surface area (TPSA) is 58.1 Å². The van der Waals surface area contributed by atoms with Gasteiger partial charge in [-0.1, -0.05) is 30.3 Å². The summed E-state index contributed by atoms with van der Waals surface area (Å²) in [5, 5.41) is 6.75. The van der Waals surface area contributed by atoms with Crippen LogP contribution in [0.3, 0.4) is 0 Å². The van der Waals surface area contributed by atoms with Crippen LogP contribution in [0.2, 0.25) is 0 Å². The molecule has 2 aliphatic rings. The van der Waals surface area contributed by atoms with Crippen molar-refractivity contribution in [2.75, 3.05) is 46.4 Å². The minimum atomic E-state index is 0. The van der Waals surface area contributed by atoms with E-state index in [0.29, 0.717) is 6.04 Å². The molecule has 0 aliphatic carbocycles. The Morgan fingerprint density at radius 3 is 2.93 bits per heavy atom. The standard InChI is InChI=1S/C21H34N4O2.HI/c1-17(18-8-4-3-5-9-18)26-13-7-11-23-21(22-2)24-14-20-15-25-12-6-10-19(25)16-27-20;/h3-5,8-9,17,19-20H,6-7,10-16H2,1-2H3,(H2,22,23,24);1H. The molecule has 0 radical (unpaired) electrons. The molecule has 2 heterocycles. The van der Waals surface area contributed by atoms with Crippen LogP contribution in [0.25, 0.3) is 0 Å². The van der Waals surface area contributed by atoms with Crippen LogP contribution in [0.4, 0.5) is 0 Å². The van der Waals surface area contributed by atoms with Crippen LogP contribution in [0.1, 0.15) is 37.9 Å². The molecule has 2 saturated heterocycles. The zero-order valence-corrected chi connectivity index (χ0v) is 19.4. The largest absolute Gasteiger partial charge is 0.374 e. The van der Waals surface area contributed by atoms with Gasteiger partial charge in [0.25, 0.3) is 0 Å². The van der Waals surface area contributed by atoms with Crippen molar-refractivity contribution in [3.8, 4) is 0 Å². The van der Waals surface area contributed by atoms with Crippen molar-refractivity contribution in [2.24, 2.45) is 4.99 Å². The van der Waals surface area contributed by atoms with Crippen molar-refractivity contribution < 1.29 is 9.47 Å². The van der Waals surface area contributed by atoms with E-state index >= 15 is 0 Å². The van der Waals surface area contributed by atoms with Crippen LogP contribution in [0, 0.1) is 0 Å². The van der Waals surface area contributed by atoms with Crippen molar-refractivity contribution in [2.45, 2.75) is 44.4 Å². The molecule has 0 saturated carbocycles. The number of nitrogens with one attached hydrogen (secondary N) is 2. The number of aliphatic imine (C=N–C) groups is 1. The molecule has 1 aromatic rings. The highest BCUT2D eigenvalue weighted by Gasteiger charge is 2.32. The predicted octanol–water partition coefficient (Wildman–Crippen LogP) is 2.80. The fraction of sp³-hybridized carbons (Fsp3) is 0.667. The van der Waals surface area contributed by atoms with Crippen LogP contribution in [-0.4, -0.2) is 69.4 Å². The molecule has 0 aromatic heterocycles. The van der Waals surface area contributed by atoms with E-state index in [1.165, 1.54) is 24.9 Å². The molecule has 2 aliphatic heterocycles. The zero-order chi connectivity index (χ0) is 18.9. The number of morpholine rings is 1. The minimum Gasteiger partial charge on any atom is -0.374 e. The van der Waals surface area contributed by atoms with E-state index in [9.17, 15) is 0 Å². The molecule has 3 rings (SSSR count). The lowest BCUT2D eigenvalue weighted by atomic mass is 10.1. The molecule has 6 nitrogen and oxygen atoms in total. The summed E-state index contributed by atoms with van der Waals surface area (Å²) in [5.74, 6) is 0.832. The molecule has 1 aromatic carbocycles. The Labute approximate surface area is 186 Å². The van der Waals surface area contributed by atoms with Gasteiger partial charge >= 0.3 is 0 Å². The second-order valence-corrected chi connectivity index (χ2v) is 7.40. The van der Waals surface area contributed by atoms with E-state index in [1.54, 1.807) is 0 Å². The molecule has 0 amide bonds. The number of hydrogen-bond acceptors (Lipinski definition) is 4. The first-order chi connectivity index (χ1) is 13.3. The SMILES string of the molecule is CN=C(NCCCOC(C)c1ccccc1)NCC1CN2CCCC2CO1.I. The van der Waals surface area contributed by atoms with Crippen molar-refractivity contribution >= 4 is 29.9 Å². The molecule has 0 bridgehead atoms. The summed E-state index contributed by atoms with van der Waals surface area (Å²) in [5.41, 5.74) is 1.22. The van der Waals surface area contributed by atoms with E-state index in [1.807, 2.05) is 25.2 Å². The average Bonchev–Trinajstić information content (AvgIpc) is 3.18. The number of ether oxygens (including phenoxy) is 2. The van der Waals surface area contributed by atoms with Crippen LogP contribution in [0.5, 0.6) is 0 Å². The van der Waals surface area contributed by atoms with Gasteiger partial charge in [-0.15, -0.1) is 24.0 Å². The van der Waals surface area contributed by atoms with E-state index in [4.69, 9.17) is 9.47 Å². The maximum absolute atomic E-state index is 5.99. The summed E-state index contributed by atoms with van der Waals surface area (Å²) in [4.78, 5) is 6.87. The van der Waals surface area contributed by atoms with Gasteiger partial charge in [-0.2, -0.15) is 0 Å². The lowest BCUT2D eigenvalue weighted by Gasteiger charge is -2.35. The summed E-state index contributed by atoms with van der Waals surface area (Å²) >= 11 is 0. The number of halogens is 1. The Hall–Kier alpha value is -0.900. The van der Waals surface area contributed by atoms with Gasteiger partial charge in [-0.3, -0.25) is 9.89 Å². The monoisotopic (exact) mass is 502 g/mol. The van der Waals surface area contributed by atoms with Crippen LogP contribution in [0.15, 0.2) is 35.3 Å². The first kappa shape index (κ1) is 23.4. The smallest absolute Gasteiger partial charge is 0.191 e. The molecule has 3 unspecified atom stereocenters. The summed E-state index contributed by atoms with van der Waals surface area (Å²) in [6.45, 7) is 7.57. The molecular formula is C21H35IN4O2. The number of nitrogens with zero attached hydrogens (tertiary/aromatic N) is 2. The lowest BCUT2D eigenvalue weighted by Crippen LogP contribution is -2.51. The minimum absolute atomic E-state index is 0. The van der Waals surface area contributed by atoms with Crippen molar-refractivity contribution in [3.63, 3.8) is 0 Å². The van der Waals surface area contributed by atoms with Crippen LogP contribution >= 0.6 is 24.0 Å². The van der Waals surface area contributed by atoms with Gasteiger partial charge in [0, 0.05) is 39.3 Å². The first-order valence-electron chi connectivity index (χ1n) is 10.2. The van der Waals surface area contributed by atoms with Gasteiger partial charge in [-0.25, -0.2) is 0 Å². The van der Waals surface area contributed by atoms with E-state index in [2.05, 4.69) is 39.6 Å². The molecule has 0 spiro atoms.